The summed E-state index contributed by atoms with van der Waals surface area (Å²) in [6.07, 6.45) is 0. The fourth-order valence-corrected chi connectivity index (χ4v) is 1.97. The first-order valence-corrected chi connectivity index (χ1v) is 6.42. The second kappa shape index (κ2) is 5.79. The Morgan fingerprint density at radius 3 is 2.65 bits per heavy atom. The largest absolute Gasteiger partial charge is 0.475 e. The van der Waals surface area contributed by atoms with E-state index in [1.54, 1.807) is 18.2 Å². The molecule has 1 aromatic carbocycles. The minimum atomic E-state index is -1.15. The van der Waals surface area contributed by atoms with Crippen LogP contribution in [-0.4, -0.2) is 17.0 Å². The molecule has 2 rings (SSSR count). The average Bonchev–Trinajstić information content (AvgIpc) is 2.85. The van der Waals surface area contributed by atoms with E-state index in [4.69, 9.17) is 15.3 Å². The van der Waals surface area contributed by atoms with Gasteiger partial charge in [0.1, 0.15) is 5.76 Å². The van der Waals surface area contributed by atoms with Crippen LogP contribution in [0.5, 0.6) is 0 Å². The molecule has 1 heterocycles. The van der Waals surface area contributed by atoms with Crippen molar-refractivity contribution < 1.29 is 19.1 Å². The van der Waals surface area contributed by atoms with Gasteiger partial charge in [-0.1, -0.05) is 15.9 Å². The van der Waals surface area contributed by atoms with Gasteiger partial charge in [-0.15, -0.1) is 0 Å². The highest BCUT2D eigenvalue weighted by Gasteiger charge is 2.12. The van der Waals surface area contributed by atoms with E-state index in [2.05, 4.69) is 21.2 Å². The first kappa shape index (κ1) is 14.1. The van der Waals surface area contributed by atoms with Crippen LogP contribution in [0.15, 0.2) is 39.2 Å². The highest BCUT2D eigenvalue weighted by Crippen LogP contribution is 2.18. The molecule has 0 saturated carbocycles. The third kappa shape index (κ3) is 3.18. The van der Waals surface area contributed by atoms with E-state index in [9.17, 15) is 9.59 Å². The fraction of sp³-hybridized carbons (Fsp3) is 0.0769. The lowest BCUT2D eigenvalue weighted by Gasteiger charge is -2.06. The van der Waals surface area contributed by atoms with Gasteiger partial charge in [-0.05, 0) is 30.3 Å². The summed E-state index contributed by atoms with van der Waals surface area (Å²) < 4.78 is 5.81. The number of carbonyl (C=O) groups excluding carboxylic acids is 1. The molecule has 104 valence electrons. The molecule has 1 aromatic heterocycles. The molecule has 4 N–H and O–H groups in total. The zero-order valence-corrected chi connectivity index (χ0v) is 11.8. The summed E-state index contributed by atoms with van der Waals surface area (Å²) in [5.41, 5.74) is 6.44. The Morgan fingerprint density at radius 1 is 1.30 bits per heavy atom. The molecule has 0 spiro atoms. The van der Waals surface area contributed by atoms with E-state index in [1.165, 1.54) is 12.1 Å². The lowest BCUT2D eigenvalue weighted by atomic mass is 10.1. The van der Waals surface area contributed by atoms with Crippen molar-refractivity contribution in [2.24, 2.45) is 0 Å². The molecule has 0 aliphatic heterocycles. The Hall–Kier alpha value is -2.28. The highest BCUT2D eigenvalue weighted by atomic mass is 79.9. The summed E-state index contributed by atoms with van der Waals surface area (Å²) in [6.45, 7) is 0.0849. The monoisotopic (exact) mass is 338 g/mol. The van der Waals surface area contributed by atoms with Gasteiger partial charge >= 0.3 is 5.97 Å². The van der Waals surface area contributed by atoms with Gasteiger partial charge in [0, 0.05) is 10.2 Å². The molecule has 0 saturated heterocycles. The number of carbonyl (C=O) groups is 2. The standard InChI is InChI=1S/C13H11BrN2O4/c14-7-1-3-9(10(15)5-7)12(17)16-6-8-2-4-11(20-8)13(18)19/h1-5H,6,15H2,(H,16,17)(H,18,19). The number of nitrogens with one attached hydrogen (secondary N) is 1. The molecule has 0 unspecified atom stereocenters. The number of nitrogens with two attached hydrogens (primary N) is 1. The summed E-state index contributed by atoms with van der Waals surface area (Å²) in [6, 6.07) is 7.76. The predicted molar refractivity (Wildman–Crippen MR) is 75.4 cm³/mol. The van der Waals surface area contributed by atoms with E-state index in [0.29, 0.717) is 17.0 Å². The van der Waals surface area contributed by atoms with Crippen LogP contribution in [-0.2, 0) is 6.54 Å². The smallest absolute Gasteiger partial charge is 0.371 e. The van der Waals surface area contributed by atoms with Gasteiger partial charge in [0.15, 0.2) is 0 Å². The second-order valence-corrected chi connectivity index (χ2v) is 4.90. The Balaban J connectivity index is 2.02. The van der Waals surface area contributed by atoms with Gasteiger partial charge in [0.2, 0.25) is 5.76 Å². The Morgan fingerprint density at radius 2 is 2.05 bits per heavy atom. The van der Waals surface area contributed by atoms with Crippen LogP contribution in [0, 0.1) is 0 Å². The van der Waals surface area contributed by atoms with Crippen molar-refractivity contribution in [3.63, 3.8) is 0 Å². The molecule has 20 heavy (non-hydrogen) atoms. The number of hydrogen-bond acceptors (Lipinski definition) is 4. The second-order valence-electron chi connectivity index (χ2n) is 3.99. The van der Waals surface area contributed by atoms with Gasteiger partial charge in [-0.25, -0.2) is 4.79 Å². The zero-order valence-electron chi connectivity index (χ0n) is 10.2. The SMILES string of the molecule is Nc1cc(Br)ccc1C(=O)NCc1ccc(C(=O)O)o1. The van der Waals surface area contributed by atoms with E-state index in [1.807, 2.05) is 0 Å². The number of furan rings is 1. The summed E-state index contributed by atoms with van der Waals surface area (Å²) in [5.74, 6) is -1.33. The average molecular weight is 339 g/mol. The molecule has 0 bridgehead atoms. The number of nitrogen functional groups attached to an aromatic ring is 1. The first-order valence-electron chi connectivity index (χ1n) is 5.62. The maximum absolute atomic E-state index is 11.9. The van der Waals surface area contributed by atoms with E-state index in [0.717, 1.165) is 4.47 Å². The van der Waals surface area contributed by atoms with Gasteiger partial charge in [0.25, 0.3) is 5.91 Å². The minimum absolute atomic E-state index is 0.0849. The Bertz CT molecular complexity index is 666. The summed E-state index contributed by atoms with van der Waals surface area (Å²) in [4.78, 5) is 22.6. The van der Waals surface area contributed by atoms with Crippen molar-refractivity contribution in [1.29, 1.82) is 0 Å². The number of carboxylic acid groups (broad SMARTS) is 1. The van der Waals surface area contributed by atoms with Gasteiger partial charge in [-0.2, -0.15) is 0 Å². The van der Waals surface area contributed by atoms with Gasteiger partial charge < -0.3 is 20.6 Å². The van der Waals surface area contributed by atoms with Crippen molar-refractivity contribution in [3.8, 4) is 0 Å². The first-order chi connectivity index (χ1) is 9.47. The van der Waals surface area contributed by atoms with Crippen LogP contribution in [0.3, 0.4) is 0 Å². The van der Waals surface area contributed by atoms with E-state index < -0.39 is 5.97 Å². The molecule has 2 aromatic rings. The van der Waals surface area contributed by atoms with Crippen molar-refractivity contribution in [2.45, 2.75) is 6.54 Å². The maximum Gasteiger partial charge on any atom is 0.371 e. The van der Waals surface area contributed by atoms with Crippen LogP contribution in [0.4, 0.5) is 5.69 Å². The zero-order chi connectivity index (χ0) is 14.7. The molecule has 0 radical (unpaired) electrons. The van der Waals surface area contributed by atoms with Crippen molar-refractivity contribution in [1.82, 2.24) is 5.32 Å². The molecular formula is C13H11BrN2O4. The number of anilines is 1. The Kier molecular flexibility index (Phi) is 4.09. The summed E-state index contributed by atoms with van der Waals surface area (Å²) in [7, 11) is 0. The molecule has 0 atom stereocenters. The van der Waals surface area contributed by atoms with Crippen molar-refractivity contribution >= 4 is 33.5 Å². The van der Waals surface area contributed by atoms with Crippen molar-refractivity contribution in [2.75, 3.05) is 5.73 Å². The van der Waals surface area contributed by atoms with Crippen LogP contribution < -0.4 is 11.1 Å². The molecule has 1 amide bonds. The third-order valence-electron chi connectivity index (χ3n) is 2.55. The molecular weight excluding hydrogens is 328 g/mol. The van der Waals surface area contributed by atoms with Crippen molar-refractivity contribution in [3.05, 3.63) is 51.9 Å². The van der Waals surface area contributed by atoms with Crippen LogP contribution >= 0.6 is 15.9 Å². The van der Waals surface area contributed by atoms with Gasteiger partial charge in [-0.3, -0.25) is 4.79 Å². The topological polar surface area (TPSA) is 106 Å². The van der Waals surface area contributed by atoms with Crippen LogP contribution in [0.25, 0.3) is 0 Å². The Labute approximate surface area is 122 Å². The number of aromatic carboxylic acids is 1. The lowest BCUT2D eigenvalue weighted by Crippen LogP contribution is -2.23. The highest BCUT2D eigenvalue weighted by molar-refractivity contribution is 9.10. The quantitative estimate of drug-likeness (QED) is 0.741. The number of carboxylic acids is 1. The number of halogens is 1. The number of benzene rings is 1. The third-order valence-corrected chi connectivity index (χ3v) is 3.05. The molecule has 0 aliphatic carbocycles. The van der Waals surface area contributed by atoms with Crippen LogP contribution in [0.2, 0.25) is 0 Å². The predicted octanol–water partition coefficient (Wildman–Crippen LogP) is 2.25. The minimum Gasteiger partial charge on any atom is -0.475 e. The number of hydrogen-bond donors (Lipinski definition) is 3. The van der Waals surface area contributed by atoms with Gasteiger partial charge in [0.05, 0.1) is 12.1 Å². The fourth-order valence-electron chi connectivity index (χ4n) is 1.59. The van der Waals surface area contributed by atoms with Crippen LogP contribution in [0.1, 0.15) is 26.7 Å². The summed E-state index contributed by atoms with van der Waals surface area (Å²) >= 11 is 3.26. The number of amides is 1. The maximum atomic E-state index is 11.9. The molecule has 0 aliphatic rings. The van der Waals surface area contributed by atoms with E-state index in [-0.39, 0.29) is 18.2 Å². The summed E-state index contributed by atoms with van der Waals surface area (Å²) in [5, 5.41) is 11.3. The molecule has 0 fully saturated rings. The lowest BCUT2D eigenvalue weighted by molar-refractivity contribution is 0.0660. The normalized spacial score (nSPS) is 10.2. The van der Waals surface area contributed by atoms with E-state index >= 15 is 0 Å². The molecule has 7 heteroatoms. The molecule has 6 nitrogen and oxygen atoms in total. The number of rotatable bonds is 4.